The molecule has 1 unspecified atom stereocenters. The summed E-state index contributed by atoms with van der Waals surface area (Å²) in [6.45, 7) is 4.02. The molecule has 0 saturated carbocycles. The molecule has 0 bridgehead atoms. The molecule has 4 heteroatoms. The van der Waals surface area contributed by atoms with Crippen molar-refractivity contribution in [3.05, 3.63) is 64.2 Å². The number of anilines is 1. The monoisotopic (exact) mass is 303 g/mol. The molecule has 3 nitrogen and oxygen atoms in total. The number of halogens is 1. The van der Waals surface area contributed by atoms with Gasteiger partial charge >= 0.3 is 5.97 Å². The van der Waals surface area contributed by atoms with Crippen molar-refractivity contribution in [2.45, 2.75) is 19.9 Å². The first-order valence-electron chi connectivity index (χ1n) is 6.69. The SMILES string of the molecule is COC(=O)C(Nc1cccc(Cl)c1)c1cccc(C)c1C. The number of methoxy groups -OCH3 is 1. The smallest absolute Gasteiger partial charge is 0.332 e. The van der Waals surface area contributed by atoms with Crippen LogP contribution in [0.3, 0.4) is 0 Å². The van der Waals surface area contributed by atoms with E-state index in [1.54, 1.807) is 12.1 Å². The molecule has 2 aromatic carbocycles. The van der Waals surface area contributed by atoms with Crippen molar-refractivity contribution in [2.75, 3.05) is 12.4 Å². The van der Waals surface area contributed by atoms with E-state index in [2.05, 4.69) is 5.32 Å². The highest BCUT2D eigenvalue weighted by Crippen LogP contribution is 2.26. The van der Waals surface area contributed by atoms with Crippen LogP contribution in [-0.4, -0.2) is 13.1 Å². The molecule has 0 fully saturated rings. The zero-order valence-electron chi connectivity index (χ0n) is 12.3. The van der Waals surface area contributed by atoms with E-state index >= 15 is 0 Å². The molecule has 21 heavy (non-hydrogen) atoms. The third kappa shape index (κ3) is 3.56. The van der Waals surface area contributed by atoms with Crippen molar-refractivity contribution in [1.29, 1.82) is 0 Å². The zero-order chi connectivity index (χ0) is 15.4. The van der Waals surface area contributed by atoms with Crippen LogP contribution in [0.5, 0.6) is 0 Å². The summed E-state index contributed by atoms with van der Waals surface area (Å²) in [7, 11) is 1.39. The lowest BCUT2D eigenvalue weighted by atomic mass is 9.97. The Bertz CT molecular complexity index is 655. The largest absolute Gasteiger partial charge is 0.467 e. The predicted octanol–water partition coefficient (Wildman–Crippen LogP) is 4.28. The third-order valence-electron chi connectivity index (χ3n) is 3.53. The number of aryl methyl sites for hydroxylation is 1. The van der Waals surface area contributed by atoms with Gasteiger partial charge in [-0.05, 0) is 48.7 Å². The normalized spacial score (nSPS) is 11.8. The minimum absolute atomic E-state index is 0.330. The second-order valence-corrected chi connectivity index (χ2v) is 5.34. The highest BCUT2D eigenvalue weighted by Gasteiger charge is 2.23. The van der Waals surface area contributed by atoms with E-state index in [9.17, 15) is 4.79 Å². The molecule has 0 aliphatic rings. The van der Waals surface area contributed by atoms with Gasteiger partial charge in [-0.25, -0.2) is 4.79 Å². The van der Waals surface area contributed by atoms with Crippen LogP contribution in [0.1, 0.15) is 22.7 Å². The summed E-state index contributed by atoms with van der Waals surface area (Å²) in [4.78, 5) is 12.1. The Hall–Kier alpha value is -2.00. The molecule has 1 N–H and O–H groups in total. The quantitative estimate of drug-likeness (QED) is 0.857. The summed E-state index contributed by atoms with van der Waals surface area (Å²) in [5.41, 5.74) is 3.89. The molecule has 0 spiro atoms. The molecule has 0 heterocycles. The summed E-state index contributed by atoms with van der Waals surface area (Å²) in [6, 6.07) is 12.6. The van der Waals surface area contributed by atoms with Crippen molar-refractivity contribution in [2.24, 2.45) is 0 Å². The summed E-state index contributed by atoms with van der Waals surface area (Å²) >= 11 is 5.99. The van der Waals surface area contributed by atoms with Crippen molar-refractivity contribution in [3.63, 3.8) is 0 Å². The molecule has 0 saturated heterocycles. The van der Waals surface area contributed by atoms with Crippen molar-refractivity contribution < 1.29 is 9.53 Å². The Morgan fingerprint density at radius 3 is 2.57 bits per heavy atom. The van der Waals surface area contributed by atoms with E-state index in [1.807, 2.05) is 44.2 Å². The van der Waals surface area contributed by atoms with Crippen LogP contribution in [0.15, 0.2) is 42.5 Å². The van der Waals surface area contributed by atoms with Gasteiger partial charge < -0.3 is 10.1 Å². The maximum absolute atomic E-state index is 12.1. The molecule has 0 aliphatic carbocycles. The predicted molar refractivity (Wildman–Crippen MR) is 85.7 cm³/mol. The lowest BCUT2D eigenvalue weighted by Gasteiger charge is -2.21. The van der Waals surface area contributed by atoms with Crippen LogP contribution >= 0.6 is 11.6 Å². The van der Waals surface area contributed by atoms with Gasteiger partial charge in [0, 0.05) is 10.7 Å². The molecule has 0 aromatic heterocycles. The topological polar surface area (TPSA) is 38.3 Å². The summed E-state index contributed by atoms with van der Waals surface area (Å²) in [5.74, 6) is -0.330. The fraction of sp³-hybridized carbons (Fsp3) is 0.235. The first-order valence-corrected chi connectivity index (χ1v) is 7.06. The number of benzene rings is 2. The Balaban J connectivity index is 2.39. The summed E-state index contributed by atoms with van der Waals surface area (Å²) in [6.07, 6.45) is 0. The molecule has 0 radical (unpaired) electrons. The minimum atomic E-state index is -0.562. The summed E-state index contributed by atoms with van der Waals surface area (Å²) in [5, 5.41) is 3.81. The fourth-order valence-corrected chi connectivity index (χ4v) is 2.40. The number of carbonyl (C=O) groups is 1. The average molecular weight is 304 g/mol. The number of esters is 1. The Morgan fingerprint density at radius 1 is 1.19 bits per heavy atom. The fourth-order valence-electron chi connectivity index (χ4n) is 2.21. The Morgan fingerprint density at radius 2 is 1.90 bits per heavy atom. The van der Waals surface area contributed by atoms with E-state index in [4.69, 9.17) is 16.3 Å². The Kier molecular flexibility index (Phi) is 4.86. The molecule has 2 rings (SSSR count). The van der Waals surface area contributed by atoms with Crippen LogP contribution in [0.4, 0.5) is 5.69 Å². The average Bonchev–Trinajstić information content (AvgIpc) is 2.47. The standard InChI is InChI=1S/C17H18ClNO2/c1-11-6-4-9-15(12(11)2)16(17(20)21-3)19-14-8-5-7-13(18)10-14/h4-10,16,19H,1-3H3. The van der Waals surface area contributed by atoms with Crippen LogP contribution in [-0.2, 0) is 9.53 Å². The number of ether oxygens (including phenoxy) is 1. The highest BCUT2D eigenvalue weighted by molar-refractivity contribution is 6.30. The van der Waals surface area contributed by atoms with Gasteiger partial charge in [-0.2, -0.15) is 0 Å². The molecular formula is C17H18ClNO2. The van der Waals surface area contributed by atoms with Gasteiger partial charge in [0.15, 0.2) is 6.04 Å². The first-order chi connectivity index (χ1) is 10.0. The highest BCUT2D eigenvalue weighted by atomic mass is 35.5. The molecule has 0 aliphatic heterocycles. The minimum Gasteiger partial charge on any atom is -0.467 e. The number of rotatable bonds is 4. The molecular weight excluding hydrogens is 286 g/mol. The van der Waals surface area contributed by atoms with Crippen LogP contribution in [0.25, 0.3) is 0 Å². The van der Waals surface area contributed by atoms with Crippen molar-refractivity contribution in [1.82, 2.24) is 0 Å². The van der Waals surface area contributed by atoms with Gasteiger partial charge in [0.1, 0.15) is 0 Å². The van der Waals surface area contributed by atoms with E-state index in [-0.39, 0.29) is 5.97 Å². The van der Waals surface area contributed by atoms with Gasteiger partial charge in [-0.1, -0.05) is 35.9 Å². The van der Waals surface area contributed by atoms with Crippen molar-refractivity contribution >= 4 is 23.3 Å². The Labute approximate surface area is 129 Å². The van der Waals surface area contributed by atoms with Crippen LogP contribution in [0.2, 0.25) is 5.02 Å². The van der Waals surface area contributed by atoms with Crippen LogP contribution < -0.4 is 5.32 Å². The maximum atomic E-state index is 12.1. The zero-order valence-corrected chi connectivity index (χ0v) is 13.1. The van der Waals surface area contributed by atoms with E-state index < -0.39 is 6.04 Å². The number of nitrogens with one attached hydrogen (secondary N) is 1. The van der Waals surface area contributed by atoms with E-state index in [0.29, 0.717) is 5.02 Å². The number of carbonyl (C=O) groups excluding carboxylic acids is 1. The van der Waals surface area contributed by atoms with Crippen LogP contribution in [0, 0.1) is 13.8 Å². The maximum Gasteiger partial charge on any atom is 0.332 e. The lowest BCUT2D eigenvalue weighted by molar-refractivity contribution is -0.141. The van der Waals surface area contributed by atoms with Gasteiger partial charge in [-0.15, -0.1) is 0 Å². The molecule has 2 aromatic rings. The molecule has 0 amide bonds. The number of hydrogen-bond donors (Lipinski definition) is 1. The first kappa shape index (κ1) is 15.4. The van der Waals surface area contributed by atoms with Gasteiger partial charge in [0.05, 0.1) is 7.11 Å². The molecule has 1 atom stereocenters. The molecule has 110 valence electrons. The number of hydrogen-bond acceptors (Lipinski definition) is 3. The summed E-state index contributed by atoms with van der Waals surface area (Å²) < 4.78 is 4.93. The van der Waals surface area contributed by atoms with Gasteiger partial charge in [-0.3, -0.25) is 0 Å². The van der Waals surface area contributed by atoms with E-state index in [1.165, 1.54) is 7.11 Å². The van der Waals surface area contributed by atoms with Gasteiger partial charge in [0.25, 0.3) is 0 Å². The third-order valence-corrected chi connectivity index (χ3v) is 3.77. The van der Waals surface area contributed by atoms with Gasteiger partial charge in [0.2, 0.25) is 0 Å². The van der Waals surface area contributed by atoms with E-state index in [0.717, 1.165) is 22.4 Å². The second kappa shape index (κ2) is 6.64. The second-order valence-electron chi connectivity index (χ2n) is 4.90. The lowest BCUT2D eigenvalue weighted by Crippen LogP contribution is -2.23. The van der Waals surface area contributed by atoms with Crippen molar-refractivity contribution in [3.8, 4) is 0 Å².